The van der Waals surface area contributed by atoms with Gasteiger partial charge in [0.05, 0.1) is 24.3 Å². The highest BCUT2D eigenvalue weighted by molar-refractivity contribution is 6.03. The van der Waals surface area contributed by atoms with Gasteiger partial charge in [0.2, 0.25) is 0 Å². The van der Waals surface area contributed by atoms with Gasteiger partial charge in [0.1, 0.15) is 5.69 Å². The molecule has 1 N–H and O–H groups in total. The minimum atomic E-state index is -3.01. The van der Waals surface area contributed by atoms with Crippen LogP contribution in [-0.2, 0) is 0 Å². The molecule has 0 saturated heterocycles. The molecule has 3 aromatic rings. The Morgan fingerprint density at radius 3 is 2.60 bits per heavy atom. The number of nitrogens with zero attached hydrogens (tertiary/aromatic N) is 2. The Morgan fingerprint density at radius 2 is 1.88 bits per heavy atom. The number of halogens is 2. The average molecular weight is 345 g/mol. The lowest BCUT2D eigenvalue weighted by Crippen LogP contribution is -2.14. The zero-order valence-corrected chi connectivity index (χ0v) is 13.1. The maximum absolute atomic E-state index is 12.5. The summed E-state index contributed by atoms with van der Waals surface area (Å²) in [4.78, 5) is 20.7. The molecule has 0 radical (unpaired) electrons. The summed E-state index contributed by atoms with van der Waals surface area (Å²) < 4.78 is 34.3. The van der Waals surface area contributed by atoms with Gasteiger partial charge in [0, 0.05) is 11.8 Å². The van der Waals surface area contributed by atoms with E-state index in [1.54, 1.807) is 18.2 Å². The molecule has 1 amide bonds. The third-order valence-electron chi connectivity index (χ3n) is 3.32. The van der Waals surface area contributed by atoms with E-state index in [0.717, 1.165) is 0 Å². The van der Waals surface area contributed by atoms with Crippen molar-refractivity contribution in [3.8, 4) is 11.5 Å². The molecule has 0 unspecified atom stereocenters. The number of hydrogen-bond acceptors (Lipinski definition) is 5. The van der Waals surface area contributed by atoms with Gasteiger partial charge < -0.3 is 14.8 Å². The number of para-hydroxylation sites is 2. The summed E-state index contributed by atoms with van der Waals surface area (Å²) in [6, 6.07) is 11.3. The van der Waals surface area contributed by atoms with Crippen LogP contribution in [0, 0.1) is 0 Å². The Kier molecular flexibility index (Phi) is 4.69. The van der Waals surface area contributed by atoms with Crippen LogP contribution in [0.15, 0.2) is 48.7 Å². The number of alkyl halides is 2. The van der Waals surface area contributed by atoms with Crippen molar-refractivity contribution in [1.82, 2.24) is 9.97 Å². The molecule has 128 valence electrons. The molecule has 0 fully saturated rings. The molecule has 2 aromatic carbocycles. The van der Waals surface area contributed by atoms with Crippen LogP contribution in [0.25, 0.3) is 11.0 Å². The van der Waals surface area contributed by atoms with Gasteiger partial charge >= 0.3 is 6.61 Å². The summed E-state index contributed by atoms with van der Waals surface area (Å²) in [7, 11) is 1.33. The molecule has 0 saturated carbocycles. The molecule has 0 atom stereocenters. The number of amides is 1. The van der Waals surface area contributed by atoms with Gasteiger partial charge in [-0.05, 0) is 24.3 Å². The first-order valence-corrected chi connectivity index (χ1v) is 7.23. The fourth-order valence-electron chi connectivity index (χ4n) is 2.20. The quantitative estimate of drug-likeness (QED) is 0.766. The summed E-state index contributed by atoms with van der Waals surface area (Å²) in [5, 5.41) is 2.57. The molecule has 8 heteroatoms. The molecule has 0 aliphatic heterocycles. The number of ether oxygens (including phenoxy) is 2. The zero-order valence-electron chi connectivity index (χ0n) is 13.1. The topological polar surface area (TPSA) is 73.3 Å². The summed E-state index contributed by atoms with van der Waals surface area (Å²) >= 11 is 0. The van der Waals surface area contributed by atoms with Gasteiger partial charge in [0.25, 0.3) is 5.91 Å². The van der Waals surface area contributed by atoms with E-state index in [4.69, 9.17) is 4.74 Å². The smallest absolute Gasteiger partial charge is 0.387 e. The van der Waals surface area contributed by atoms with E-state index >= 15 is 0 Å². The van der Waals surface area contributed by atoms with Crippen molar-refractivity contribution in [3.63, 3.8) is 0 Å². The van der Waals surface area contributed by atoms with Crippen LogP contribution in [0.3, 0.4) is 0 Å². The summed E-state index contributed by atoms with van der Waals surface area (Å²) in [5.74, 6) is -0.574. The summed E-state index contributed by atoms with van der Waals surface area (Å²) in [6.45, 7) is -3.01. The van der Waals surface area contributed by atoms with E-state index < -0.39 is 12.5 Å². The third kappa shape index (κ3) is 3.79. The number of carbonyl (C=O) groups excluding carboxylic acids is 1. The fourth-order valence-corrected chi connectivity index (χ4v) is 2.20. The van der Waals surface area contributed by atoms with Crippen LogP contribution in [0.1, 0.15) is 10.5 Å². The lowest BCUT2D eigenvalue weighted by atomic mass is 10.2. The Balaban J connectivity index is 1.84. The third-order valence-corrected chi connectivity index (χ3v) is 3.32. The lowest BCUT2D eigenvalue weighted by molar-refractivity contribution is -0.0511. The minimum absolute atomic E-state index is 0.103. The van der Waals surface area contributed by atoms with Crippen molar-refractivity contribution in [1.29, 1.82) is 0 Å². The van der Waals surface area contributed by atoms with E-state index in [2.05, 4.69) is 20.0 Å². The molecule has 0 bridgehead atoms. The van der Waals surface area contributed by atoms with Crippen LogP contribution >= 0.6 is 0 Å². The van der Waals surface area contributed by atoms with Gasteiger partial charge in [-0.1, -0.05) is 12.1 Å². The van der Waals surface area contributed by atoms with Gasteiger partial charge in [-0.3, -0.25) is 9.78 Å². The molecule has 1 aromatic heterocycles. The number of anilines is 1. The number of carbonyl (C=O) groups is 1. The molecule has 6 nitrogen and oxygen atoms in total. The molecule has 25 heavy (non-hydrogen) atoms. The van der Waals surface area contributed by atoms with Crippen LogP contribution in [0.2, 0.25) is 0 Å². The SMILES string of the molecule is COc1ccc(NC(=O)c2cnc3ccccc3n2)cc1OC(F)F. The number of methoxy groups -OCH3 is 1. The highest BCUT2D eigenvalue weighted by Gasteiger charge is 2.14. The monoisotopic (exact) mass is 345 g/mol. The normalized spacial score (nSPS) is 10.7. The van der Waals surface area contributed by atoms with E-state index in [0.29, 0.717) is 11.0 Å². The Hall–Kier alpha value is -3.29. The second kappa shape index (κ2) is 7.08. The molecule has 0 aliphatic carbocycles. The highest BCUT2D eigenvalue weighted by Crippen LogP contribution is 2.31. The number of hydrogen-bond donors (Lipinski definition) is 1. The molecular formula is C17H13F2N3O3. The van der Waals surface area contributed by atoms with Crippen LogP contribution in [0.5, 0.6) is 11.5 Å². The van der Waals surface area contributed by atoms with Crippen LogP contribution in [-0.4, -0.2) is 29.6 Å². The Bertz CT molecular complexity index is 919. The molecule has 3 rings (SSSR count). The lowest BCUT2D eigenvalue weighted by Gasteiger charge is -2.12. The van der Waals surface area contributed by atoms with Gasteiger partial charge in [-0.2, -0.15) is 8.78 Å². The second-order valence-corrected chi connectivity index (χ2v) is 4.94. The number of nitrogens with one attached hydrogen (secondary N) is 1. The predicted molar refractivity (Wildman–Crippen MR) is 87.1 cm³/mol. The number of fused-ring (bicyclic) bond motifs is 1. The minimum Gasteiger partial charge on any atom is -0.493 e. The van der Waals surface area contributed by atoms with E-state index in [1.807, 2.05) is 6.07 Å². The summed E-state index contributed by atoms with van der Waals surface area (Å²) in [5.41, 5.74) is 1.60. The van der Waals surface area contributed by atoms with Gasteiger partial charge in [-0.15, -0.1) is 0 Å². The van der Waals surface area contributed by atoms with E-state index in [9.17, 15) is 13.6 Å². The first-order valence-electron chi connectivity index (χ1n) is 7.23. The van der Waals surface area contributed by atoms with Crippen molar-refractivity contribution in [2.24, 2.45) is 0 Å². The Labute approximate surface area is 141 Å². The van der Waals surface area contributed by atoms with Crippen LogP contribution in [0.4, 0.5) is 14.5 Å². The Morgan fingerprint density at radius 1 is 1.12 bits per heavy atom. The fraction of sp³-hybridized carbons (Fsp3) is 0.118. The first-order chi connectivity index (χ1) is 12.1. The number of rotatable bonds is 5. The molecule has 1 heterocycles. The highest BCUT2D eigenvalue weighted by atomic mass is 19.3. The maximum atomic E-state index is 12.5. The largest absolute Gasteiger partial charge is 0.493 e. The predicted octanol–water partition coefficient (Wildman–Crippen LogP) is 3.49. The maximum Gasteiger partial charge on any atom is 0.387 e. The number of benzene rings is 2. The van der Waals surface area contributed by atoms with E-state index in [1.165, 1.54) is 31.5 Å². The van der Waals surface area contributed by atoms with Gasteiger partial charge in [0.15, 0.2) is 11.5 Å². The van der Waals surface area contributed by atoms with Crippen molar-refractivity contribution < 1.29 is 23.0 Å². The average Bonchev–Trinajstić information content (AvgIpc) is 2.61. The molecular weight excluding hydrogens is 332 g/mol. The standard InChI is InChI=1S/C17H13F2N3O3/c1-24-14-7-6-10(8-15(14)25-17(18)19)21-16(23)13-9-20-11-4-2-3-5-12(11)22-13/h2-9,17H,1H3,(H,21,23). The first kappa shape index (κ1) is 16.6. The van der Waals surface area contributed by atoms with Crippen molar-refractivity contribution in [2.45, 2.75) is 6.61 Å². The van der Waals surface area contributed by atoms with Crippen LogP contribution < -0.4 is 14.8 Å². The number of aromatic nitrogens is 2. The molecule has 0 spiro atoms. The van der Waals surface area contributed by atoms with E-state index in [-0.39, 0.29) is 22.9 Å². The van der Waals surface area contributed by atoms with Gasteiger partial charge in [-0.25, -0.2) is 4.98 Å². The van der Waals surface area contributed by atoms with Crippen molar-refractivity contribution in [2.75, 3.05) is 12.4 Å². The van der Waals surface area contributed by atoms with Crippen molar-refractivity contribution in [3.05, 3.63) is 54.4 Å². The second-order valence-electron chi connectivity index (χ2n) is 4.94. The summed E-state index contributed by atoms with van der Waals surface area (Å²) in [6.07, 6.45) is 1.34. The zero-order chi connectivity index (χ0) is 17.8. The molecule has 0 aliphatic rings. The van der Waals surface area contributed by atoms with Crippen molar-refractivity contribution >= 4 is 22.6 Å².